The van der Waals surface area contributed by atoms with Gasteiger partial charge >= 0.3 is 0 Å². The first-order valence-electron chi connectivity index (χ1n) is 6.64. The molecule has 4 heteroatoms. The molecule has 2 aromatic rings. The molecule has 0 amide bonds. The van der Waals surface area contributed by atoms with Crippen LogP contribution in [0, 0.1) is 11.6 Å². The SMILES string of the molecule is Fc1cc(F)c2c(c1)OC(c1ccccc1)CCNC2. The van der Waals surface area contributed by atoms with Crippen molar-refractivity contribution in [2.75, 3.05) is 6.54 Å². The van der Waals surface area contributed by atoms with Crippen LogP contribution in [0.1, 0.15) is 23.7 Å². The molecule has 1 atom stereocenters. The van der Waals surface area contributed by atoms with Gasteiger partial charge in [0.25, 0.3) is 0 Å². The molecular weight excluding hydrogens is 260 g/mol. The second-order valence-electron chi connectivity index (χ2n) is 4.85. The van der Waals surface area contributed by atoms with Crippen molar-refractivity contribution in [1.29, 1.82) is 0 Å². The van der Waals surface area contributed by atoms with E-state index >= 15 is 0 Å². The van der Waals surface area contributed by atoms with Crippen molar-refractivity contribution in [2.24, 2.45) is 0 Å². The molecule has 3 rings (SSSR count). The van der Waals surface area contributed by atoms with E-state index in [1.54, 1.807) is 0 Å². The fourth-order valence-corrected chi connectivity index (χ4v) is 2.42. The Hall–Kier alpha value is -1.94. The lowest BCUT2D eigenvalue weighted by Crippen LogP contribution is -2.24. The van der Waals surface area contributed by atoms with Gasteiger partial charge in [-0.1, -0.05) is 30.3 Å². The minimum absolute atomic E-state index is 0.205. The van der Waals surface area contributed by atoms with Crippen LogP contribution in [0.3, 0.4) is 0 Å². The van der Waals surface area contributed by atoms with Crippen molar-refractivity contribution in [3.05, 3.63) is 65.2 Å². The summed E-state index contributed by atoms with van der Waals surface area (Å²) >= 11 is 0. The maximum Gasteiger partial charge on any atom is 0.134 e. The van der Waals surface area contributed by atoms with Crippen LogP contribution in [0.25, 0.3) is 0 Å². The molecule has 1 aliphatic rings. The molecule has 1 N–H and O–H groups in total. The van der Waals surface area contributed by atoms with Crippen LogP contribution in [0.4, 0.5) is 8.78 Å². The Morgan fingerprint density at radius 2 is 1.90 bits per heavy atom. The average Bonchev–Trinajstić information content (AvgIpc) is 2.41. The maximum atomic E-state index is 13.8. The third kappa shape index (κ3) is 2.65. The molecule has 0 aromatic heterocycles. The van der Waals surface area contributed by atoms with Gasteiger partial charge in [0.2, 0.25) is 0 Å². The van der Waals surface area contributed by atoms with Crippen molar-refractivity contribution in [3.8, 4) is 5.75 Å². The van der Waals surface area contributed by atoms with Crippen molar-refractivity contribution in [1.82, 2.24) is 5.32 Å². The van der Waals surface area contributed by atoms with Crippen LogP contribution in [0.2, 0.25) is 0 Å². The highest BCUT2D eigenvalue weighted by atomic mass is 19.1. The Morgan fingerprint density at radius 3 is 2.70 bits per heavy atom. The zero-order chi connectivity index (χ0) is 13.9. The number of fused-ring (bicyclic) bond motifs is 1. The third-order valence-electron chi connectivity index (χ3n) is 3.44. The van der Waals surface area contributed by atoms with Crippen LogP contribution in [0.15, 0.2) is 42.5 Å². The predicted octanol–water partition coefficient (Wildman–Crippen LogP) is 3.58. The number of rotatable bonds is 1. The molecule has 0 aliphatic carbocycles. The molecule has 20 heavy (non-hydrogen) atoms. The summed E-state index contributed by atoms with van der Waals surface area (Å²) < 4.78 is 33.1. The summed E-state index contributed by atoms with van der Waals surface area (Å²) in [6.07, 6.45) is 0.547. The molecule has 0 saturated heterocycles. The molecule has 2 aromatic carbocycles. The smallest absolute Gasteiger partial charge is 0.134 e. The van der Waals surface area contributed by atoms with E-state index in [0.29, 0.717) is 12.1 Å². The second-order valence-corrected chi connectivity index (χ2v) is 4.85. The van der Waals surface area contributed by atoms with E-state index in [-0.39, 0.29) is 11.9 Å². The van der Waals surface area contributed by atoms with Gasteiger partial charge in [0.1, 0.15) is 23.5 Å². The monoisotopic (exact) mass is 275 g/mol. The minimum Gasteiger partial charge on any atom is -0.485 e. The summed E-state index contributed by atoms with van der Waals surface area (Å²) in [5.41, 5.74) is 1.39. The molecule has 0 saturated carbocycles. The Morgan fingerprint density at radius 1 is 1.10 bits per heavy atom. The quantitative estimate of drug-likeness (QED) is 0.859. The first-order chi connectivity index (χ1) is 9.74. The lowest BCUT2D eigenvalue weighted by Gasteiger charge is -2.25. The zero-order valence-corrected chi connectivity index (χ0v) is 10.9. The van der Waals surface area contributed by atoms with E-state index in [1.165, 1.54) is 6.07 Å². The topological polar surface area (TPSA) is 21.3 Å². The highest BCUT2D eigenvalue weighted by Gasteiger charge is 2.20. The first kappa shape index (κ1) is 13.1. The summed E-state index contributed by atoms with van der Waals surface area (Å²) in [5, 5.41) is 3.16. The van der Waals surface area contributed by atoms with Gasteiger partial charge in [0.05, 0.1) is 0 Å². The number of halogens is 2. The summed E-state index contributed by atoms with van der Waals surface area (Å²) in [6, 6.07) is 11.8. The van der Waals surface area contributed by atoms with E-state index in [2.05, 4.69) is 5.32 Å². The fourth-order valence-electron chi connectivity index (χ4n) is 2.42. The Labute approximate surface area is 116 Å². The van der Waals surface area contributed by atoms with Gasteiger partial charge in [0.15, 0.2) is 0 Å². The molecule has 0 spiro atoms. The Balaban J connectivity index is 1.97. The van der Waals surface area contributed by atoms with Crippen molar-refractivity contribution >= 4 is 0 Å². The van der Waals surface area contributed by atoms with Gasteiger partial charge in [-0.2, -0.15) is 0 Å². The minimum atomic E-state index is -0.617. The lowest BCUT2D eigenvalue weighted by atomic mass is 10.0. The standard InChI is InChI=1S/C16H15F2NO/c17-12-8-14(18)13-10-19-7-6-15(20-16(13)9-12)11-4-2-1-3-5-11/h1-5,8-9,15,19H,6-7,10H2. The number of hydrogen-bond acceptors (Lipinski definition) is 2. The van der Waals surface area contributed by atoms with Gasteiger partial charge in [-0.25, -0.2) is 8.78 Å². The molecule has 2 nitrogen and oxygen atoms in total. The van der Waals surface area contributed by atoms with Crippen molar-refractivity contribution in [3.63, 3.8) is 0 Å². The summed E-state index contributed by atoms with van der Waals surface area (Å²) in [5.74, 6) is -0.904. The van der Waals surface area contributed by atoms with Gasteiger partial charge in [-0.05, 0) is 12.1 Å². The number of ether oxygens (including phenoxy) is 1. The summed E-state index contributed by atoms with van der Waals surface area (Å²) in [4.78, 5) is 0. The molecule has 0 radical (unpaired) electrons. The normalized spacial score (nSPS) is 18.6. The Bertz CT molecular complexity index is 601. The summed E-state index contributed by atoms with van der Waals surface area (Å²) in [6.45, 7) is 1.07. The second kappa shape index (κ2) is 5.59. The van der Waals surface area contributed by atoms with Crippen LogP contribution >= 0.6 is 0 Å². The molecule has 0 fully saturated rings. The van der Waals surface area contributed by atoms with Gasteiger partial charge in [0, 0.05) is 30.7 Å². The molecular formula is C16H15F2NO. The molecule has 1 aliphatic heterocycles. The van der Waals surface area contributed by atoms with Crippen LogP contribution in [-0.2, 0) is 6.54 Å². The van der Waals surface area contributed by atoms with Gasteiger partial charge < -0.3 is 10.1 Å². The van der Waals surface area contributed by atoms with E-state index in [9.17, 15) is 8.78 Å². The lowest BCUT2D eigenvalue weighted by molar-refractivity contribution is 0.183. The van der Waals surface area contributed by atoms with Crippen LogP contribution in [-0.4, -0.2) is 6.54 Å². The first-order valence-corrected chi connectivity index (χ1v) is 6.64. The van der Waals surface area contributed by atoms with E-state index < -0.39 is 11.6 Å². The molecule has 1 heterocycles. The largest absolute Gasteiger partial charge is 0.485 e. The molecule has 0 bridgehead atoms. The van der Waals surface area contributed by atoms with E-state index in [0.717, 1.165) is 24.6 Å². The van der Waals surface area contributed by atoms with E-state index in [4.69, 9.17) is 4.74 Å². The molecule has 104 valence electrons. The van der Waals surface area contributed by atoms with Gasteiger partial charge in [-0.3, -0.25) is 0 Å². The van der Waals surface area contributed by atoms with Gasteiger partial charge in [-0.15, -0.1) is 0 Å². The van der Waals surface area contributed by atoms with Crippen LogP contribution < -0.4 is 10.1 Å². The average molecular weight is 275 g/mol. The number of nitrogens with one attached hydrogen (secondary N) is 1. The molecule has 1 unspecified atom stereocenters. The highest BCUT2D eigenvalue weighted by molar-refractivity contribution is 5.36. The van der Waals surface area contributed by atoms with Crippen LogP contribution in [0.5, 0.6) is 5.75 Å². The predicted molar refractivity (Wildman–Crippen MR) is 72.5 cm³/mol. The van der Waals surface area contributed by atoms with E-state index in [1.807, 2.05) is 30.3 Å². The maximum absolute atomic E-state index is 13.8. The Kier molecular flexibility index (Phi) is 3.65. The number of benzene rings is 2. The fraction of sp³-hybridized carbons (Fsp3) is 0.250. The summed E-state index contributed by atoms with van der Waals surface area (Å²) in [7, 11) is 0. The highest BCUT2D eigenvalue weighted by Crippen LogP contribution is 2.31. The number of hydrogen-bond donors (Lipinski definition) is 1. The van der Waals surface area contributed by atoms with Crippen molar-refractivity contribution in [2.45, 2.75) is 19.1 Å². The third-order valence-corrected chi connectivity index (χ3v) is 3.44. The zero-order valence-electron chi connectivity index (χ0n) is 10.9. The van der Waals surface area contributed by atoms with Crippen molar-refractivity contribution < 1.29 is 13.5 Å².